The van der Waals surface area contributed by atoms with Gasteiger partial charge in [-0.3, -0.25) is 9.69 Å². The average Bonchev–Trinajstić information content (AvgIpc) is 2.78. The highest BCUT2D eigenvalue weighted by Crippen LogP contribution is 2.34. The quantitative estimate of drug-likeness (QED) is 0.765. The van der Waals surface area contributed by atoms with Crippen LogP contribution in [0, 0.1) is 11.3 Å². The van der Waals surface area contributed by atoms with Crippen molar-refractivity contribution >= 4 is 15.9 Å². The first-order valence-corrected chi connectivity index (χ1v) is 10.2. The Morgan fingerprint density at radius 2 is 1.85 bits per heavy atom. The first kappa shape index (κ1) is 18.8. The molecule has 1 spiro atoms. The molecule has 2 aliphatic rings. The first-order chi connectivity index (χ1) is 12.3. The van der Waals surface area contributed by atoms with Gasteiger partial charge >= 0.3 is 0 Å². The van der Waals surface area contributed by atoms with Crippen molar-refractivity contribution in [1.29, 1.82) is 5.26 Å². The summed E-state index contributed by atoms with van der Waals surface area (Å²) < 4.78 is 27.9. The zero-order valence-corrected chi connectivity index (χ0v) is 16.0. The van der Waals surface area contributed by atoms with E-state index in [0.717, 1.165) is 6.42 Å². The van der Waals surface area contributed by atoms with Crippen LogP contribution in [-0.2, 0) is 14.8 Å². The number of hydrogen-bond donors (Lipinski definition) is 0. The molecule has 2 aliphatic heterocycles. The molecular weight excluding hydrogens is 352 g/mol. The van der Waals surface area contributed by atoms with Crippen LogP contribution in [0.25, 0.3) is 0 Å². The molecule has 0 unspecified atom stereocenters. The number of amides is 1. The van der Waals surface area contributed by atoms with Gasteiger partial charge in [-0.1, -0.05) is 12.1 Å². The molecule has 0 radical (unpaired) electrons. The van der Waals surface area contributed by atoms with Crippen LogP contribution in [-0.4, -0.2) is 74.2 Å². The zero-order valence-electron chi connectivity index (χ0n) is 15.2. The molecule has 0 aliphatic carbocycles. The summed E-state index contributed by atoms with van der Waals surface area (Å²) in [5, 5.41) is 9.28. The summed E-state index contributed by atoms with van der Waals surface area (Å²) in [5.41, 5.74) is -0.191. The van der Waals surface area contributed by atoms with E-state index >= 15 is 0 Å². The van der Waals surface area contributed by atoms with Crippen LogP contribution in [0.1, 0.15) is 24.8 Å². The van der Waals surface area contributed by atoms with E-state index < -0.39 is 10.0 Å². The number of likely N-dealkylation sites (tertiary alicyclic amines) is 1. The van der Waals surface area contributed by atoms with Crippen molar-refractivity contribution in [2.45, 2.75) is 29.7 Å². The van der Waals surface area contributed by atoms with Crippen molar-refractivity contribution in [2.75, 3.05) is 40.3 Å². The summed E-state index contributed by atoms with van der Waals surface area (Å²) in [7, 11) is 0.0396. The van der Waals surface area contributed by atoms with Crippen LogP contribution in [0.5, 0.6) is 0 Å². The molecule has 2 saturated heterocycles. The molecule has 1 amide bonds. The van der Waals surface area contributed by atoms with Crippen LogP contribution in [0.15, 0.2) is 29.2 Å². The van der Waals surface area contributed by atoms with Gasteiger partial charge < -0.3 is 4.90 Å². The highest BCUT2D eigenvalue weighted by Gasteiger charge is 2.45. The molecule has 2 heterocycles. The molecule has 1 aromatic rings. The number of nitriles is 1. The Bertz CT molecular complexity index is 848. The molecule has 3 rings (SSSR count). The Balaban J connectivity index is 1.93. The minimum Gasteiger partial charge on any atom is -0.346 e. The molecule has 1 aromatic carbocycles. The van der Waals surface area contributed by atoms with Crippen molar-refractivity contribution in [3.05, 3.63) is 29.8 Å². The number of sulfonamides is 1. The lowest BCUT2D eigenvalue weighted by molar-refractivity contribution is -0.129. The van der Waals surface area contributed by atoms with Gasteiger partial charge in [-0.05, 0) is 32.0 Å². The summed E-state index contributed by atoms with van der Waals surface area (Å²) in [6, 6.07) is 8.29. The van der Waals surface area contributed by atoms with Crippen molar-refractivity contribution in [3.8, 4) is 6.07 Å². The number of hydrogen-bond acceptors (Lipinski definition) is 5. The largest absolute Gasteiger partial charge is 0.346 e. The van der Waals surface area contributed by atoms with E-state index in [1.807, 2.05) is 13.1 Å². The lowest BCUT2D eigenvalue weighted by Gasteiger charge is -2.48. The maximum Gasteiger partial charge on any atom is 0.244 e. The second-order valence-corrected chi connectivity index (χ2v) is 9.06. The van der Waals surface area contributed by atoms with Gasteiger partial charge in [0.1, 0.15) is 6.07 Å². The third kappa shape index (κ3) is 3.22. The van der Waals surface area contributed by atoms with Crippen molar-refractivity contribution in [1.82, 2.24) is 14.1 Å². The van der Waals surface area contributed by atoms with Gasteiger partial charge in [0.15, 0.2) is 0 Å². The number of carbonyl (C=O) groups is 1. The Morgan fingerprint density at radius 3 is 2.58 bits per heavy atom. The van der Waals surface area contributed by atoms with Gasteiger partial charge in [-0.15, -0.1) is 0 Å². The lowest BCUT2D eigenvalue weighted by atomic mass is 9.87. The fourth-order valence-electron chi connectivity index (χ4n) is 3.85. The van der Waals surface area contributed by atoms with Crippen molar-refractivity contribution in [3.63, 3.8) is 0 Å². The van der Waals surface area contributed by atoms with Crippen LogP contribution < -0.4 is 0 Å². The van der Waals surface area contributed by atoms with Crippen LogP contribution in [0.4, 0.5) is 0 Å². The SMILES string of the molecule is CN1CC[C@]2(CCC1=O)CN(S(=O)(=O)c1ccccc1C#N)CCN2C. The zero-order chi connectivity index (χ0) is 18.9. The van der Waals surface area contributed by atoms with E-state index in [4.69, 9.17) is 0 Å². The van der Waals surface area contributed by atoms with E-state index in [1.54, 1.807) is 24.1 Å². The Labute approximate surface area is 154 Å². The summed E-state index contributed by atoms with van der Waals surface area (Å²) in [4.78, 5) is 16.0. The van der Waals surface area contributed by atoms with E-state index in [2.05, 4.69) is 4.90 Å². The van der Waals surface area contributed by atoms with Crippen LogP contribution >= 0.6 is 0 Å². The summed E-state index contributed by atoms with van der Waals surface area (Å²) in [6.45, 7) is 1.94. The lowest BCUT2D eigenvalue weighted by Crippen LogP contribution is -2.62. The van der Waals surface area contributed by atoms with E-state index in [-0.39, 0.29) is 21.9 Å². The maximum atomic E-state index is 13.2. The molecular formula is C18H24N4O3S. The third-order valence-electron chi connectivity index (χ3n) is 5.73. The van der Waals surface area contributed by atoms with Gasteiger partial charge in [0.05, 0.1) is 10.5 Å². The minimum absolute atomic E-state index is 0.0593. The van der Waals surface area contributed by atoms with Gasteiger partial charge in [-0.2, -0.15) is 9.57 Å². The monoisotopic (exact) mass is 376 g/mol. The number of benzene rings is 1. The molecule has 1 atom stereocenters. The van der Waals surface area contributed by atoms with Crippen LogP contribution in [0.2, 0.25) is 0 Å². The number of carbonyl (C=O) groups excluding carboxylic acids is 1. The molecule has 7 nitrogen and oxygen atoms in total. The average molecular weight is 376 g/mol. The van der Waals surface area contributed by atoms with Gasteiger partial charge in [0.25, 0.3) is 0 Å². The van der Waals surface area contributed by atoms with Crippen LogP contribution in [0.3, 0.4) is 0 Å². The fraction of sp³-hybridized carbons (Fsp3) is 0.556. The normalized spacial score (nSPS) is 25.9. The van der Waals surface area contributed by atoms with Gasteiger partial charge in [0, 0.05) is 45.2 Å². The molecule has 0 N–H and O–H groups in total. The number of nitrogens with zero attached hydrogens (tertiary/aromatic N) is 4. The Morgan fingerprint density at radius 1 is 1.12 bits per heavy atom. The molecule has 0 bridgehead atoms. The van der Waals surface area contributed by atoms with Crippen molar-refractivity contribution < 1.29 is 13.2 Å². The molecule has 2 fully saturated rings. The Hall–Kier alpha value is -1.95. The van der Waals surface area contributed by atoms with Gasteiger partial charge in [-0.25, -0.2) is 8.42 Å². The fourth-order valence-corrected chi connectivity index (χ4v) is 5.50. The second-order valence-electron chi connectivity index (χ2n) is 7.16. The van der Waals surface area contributed by atoms with E-state index in [0.29, 0.717) is 39.0 Å². The van der Waals surface area contributed by atoms with Crippen molar-refractivity contribution in [2.24, 2.45) is 0 Å². The molecule has 8 heteroatoms. The number of piperazine rings is 1. The third-order valence-corrected chi connectivity index (χ3v) is 7.64. The smallest absolute Gasteiger partial charge is 0.244 e. The highest BCUT2D eigenvalue weighted by atomic mass is 32.2. The minimum atomic E-state index is -3.76. The summed E-state index contributed by atoms with van der Waals surface area (Å²) in [6.07, 6.45) is 1.79. The molecule has 140 valence electrons. The van der Waals surface area contributed by atoms with Gasteiger partial charge in [0.2, 0.25) is 15.9 Å². The van der Waals surface area contributed by atoms with E-state index in [1.165, 1.54) is 16.4 Å². The first-order valence-electron chi connectivity index (χ1n) is 8.75. The summed E-state index contributed by atoms with van der Waals surface area (Å²) >= 11 is 0. The predicted octanol–water partition coefficient (Wildman–Crippen LogP) is 0.875. The number of likely N-dealkylation sites (N-methyl/N-ethyl adjacent to an activating group) is 1. The highest BCUT2D eigenvalue weighted by molar-refractivity contribution is 7.89. The Kier molecular flexibility index (Phi) is 5.06. The number of rotatable bonds is 2. The molecule has 0 aromatic heterocycles. The topological polar surface area (TPSA) is 84.7 Å². The van der Waals surface area contributed by atoms with E-state index in [9.17, 15) is 18.5 Å². The maximum absolute atomic E-state index is 13.2. The standard InChI is InChI=1S/C18H24N4O3S/c1-20-10-9-18(8-7-17(20)23)14-22(12-11-21(18)2)26(24,25)16-6-4-3-5-15(16)13-19/h3-6H,7-12,14H2,1-2H3/t18-/m1/s1. The summed E-state index contributed by atoms with van der Waals surface area (Å²) in [5.74, 6) is 0.102. The molecule has 0 saturated carbocycles. The predicted molar refractivity (Wildman–Crippen MR) is 96.8 cm³/mol. The second kappa shape index (κ2) is 6.99. The molecule has 26 heavy (non-hydrogen) atoms.